The first kappa shape index (κ1) is 16.1. The van der Waals surface area contributed by atoms with Crippen LogP contribution in [0.2, 0.25) is 0 Å². The Morgan fingerprint density at radius 1 is 1.16 bits per heavy atom. The molecule has 7 nitrogen and oxygen atoms in total. The fraction of sp³-hybridized carbons (Fsp3) is 0.0556. The minimum absolute atomic E-state index is 0.0317. The van der Waals surface area contributed by atoms with E-state index in [9.17, 15) is 14.9 Å². The van der Waals surface area contributed by atoms with Gasteiger partial charge in [0.1, 0.15) is 0 Å². The quantitative estimate of drug-likeness (QED) is 0.736. The van der Waals surface area contributed by atoms with Crippen molar-refractivity contribution in [3.63, 3.8) is 0 Å². The van der Waals surface area contributed by atoms with Gasteiger partial charge in [0, 0.05) is 29.6 Å². The lowest BCUT2D eigenvalue weighted by Gasteiger charge is -2.07. The fourth-order valence-electron chi connectivity index (χ4n) is 2.34. The molecule has 0 fully saturated rings. The number of benzene rings is 1. The normalized spacial score (nSPS) is 10.2. The number of aromatic nitrogens is 3. The molecule has 0 unspecified atom stereocenters. The third kappa shape index (κ3) is 3.14. The third-order valence-corrected chi connectivity index (χ3v) is 3.68. The maximum atomic E-state index is 11.4. The number of carboxylic acid groups (broad SMARTS) is 1. The zero-order chi connectivity index (χ0) is 18.0. The zero-order valence-electron chi connectivity index (χ0n) is 13.2. The van der Waals surface area contributed by atoms with Gasteiger partial charge < -0.3 is 5.11 Å². The molecule has 2 aromatic heterocycles. The smallest absolute Gasteiger partial charge is 0.338 e. The number of ketones is 1. The number of hydrogen-bond donors (Lipinski definition) is 1. The van der Waals surface area contributed by atoms with Crippen LogP contribution >= 0.6 is 0 Å². The molecule has 0 radical (unpaired) electrons. The largest absolute Gasteiger partial charge is 0.478 e. The van der Waals surface area contributed by atoms with Gasteiger partial charge >= 0.3 is 5.97 Å². The molecule has 3 aromatic rings. The molecule has 0 spiro atoms. The second-order valence-electron chi connectivity index (χ2n) is 5.31. The van der Waals surface area contributed by atoms with Gasteiger partial charge in [0.05, 0.1) is 23.4 Å². The second-order valence-corrected chi connectivity index (χ2v) is 5.31. The van der Waals surface area contributed by atoms with Crippen molar-refractivity contribution in [3.8, 4) is 23.0 Å². The van der Waals surface area contributed by atoms with Gasteiger partial charge in [0.2, 0.25) is 0 Å². The summed E-state index contributed by atoms with van der Waals surface area (Å²) in [6.07, 6.45) is 4.07. The first-order chi connectivity index (χ1) is 12.0. The molecule has 2 heterocycles. The number of pyridine rings is 1. The van der Waals surface area contributed by atoms with E-state index in [1.165, 1.54) is 36.3 Å². The number of carbonyl (C=O) groups excluding carboxylic acids is 1. The van der Waals surface area contributed by atoms with Gasteiger partial charge in [0.25, 0.3) is 0 Å². The average Bonchev–Trinajstić information content (AvgIpc) is 3.11. The lowest BCUT2D eigenvalue weighted by atomic mass is 10.0. The number of hydrogen-bond acceptors (Lipinski definition) is 5. The molecule has 122 valence electrons. The summed E-state index contributed by atoms with van der Waals surface area (Å²) in [5, 5.41) is 22.3. The molecule has 0 aliphatic heterocycles. The number of rotatable bonds is 4. The van der Waals surface area contributed by atoms with Crippen molar-refractivity contribution >= 4 is 11.8 Å². The van der Waals surface area contributed by atoms with Crippen LogP contribution in [0.5, 0.6) is 0 Å². The Kier molecular flexibility index (Phi) is 4.10. The Morgan fingerprint density at radius 2 is 1.88 bits per heavy atom. The number of Topliss-reactive ketones (excluding diaryl/α,β-unsaturated/α-hetero) is 1. The van der Waals surface area contributed by atoms with Crippen molar-refractivity contribution in [3.05, 3.63) is 65.6 Å². The zero-order valence-corrected chi connectivity index (χ0v) is 13.2. The van der Waals surface area contributed by atoms with Gasteiger partial charge in [0.15, 0.2) is 11.6 Å². The highest BCUT2D eigenvalue weighted by Crippen LogP contribution is 2.24. The van der Waals surface area contributed by atoms with Crippen molar-refractivity contribution < 1.29 is 14.7 Å². The Labute approximate surface area is 142 Å². The molecule has 1 N–H and O–H groups in total. The fourth-order valence-corrected chi connectivity index (χ4v) is 2.34. The second kappa shape index (κ2) is 6.37. The van der Waals surface area contributed by atoms with Crippen LogP contribution < -0.4 is 0 Å². The molecule has 0 saturated heterocycles. The highest BCUT2D eigenvalue weighted by Gasteiger charge is 2.12. The van der Waals surface area contributed by atoms with E-state index in [2.05, 4.69) is 16.2 Å². The third-order valence-electron chi connectivity index (χ3n) is 3.68. The van der Waals surface area contributed by atoms with Crippen LogP contribution in [-0.2, 0) is 0 Å². The monoisotopic (exact) mass is 332 g/mol. The highest BCUT2D eigenvalue weighted by molar-refractivity contribution is 5.94. The number of carboxylic acids is 1. The van der Waals surface area contributed by atoms with Crippen LogP contribution in [-0.4, -0.2) is 31.6 Å². The van der Waals surface area contributed by atoms with E-state index < -0.39 is 5.97 Å². The Balaban J connectivity index is 2.01. The summed E-state index contributed by atoms with van der Waals surface area (Å²) in [5.74, 6) is -0.782. The molecule has 0 aliphatic rings. The Hall–Kier alpha value is -3.79. The molecule has 0 aliphatic carbocycles. The van der Waals surface area contributed by atoms with Gasteiger partial charge in [-0.3, -0.25) is 4.79 Å². The first-order valence-corrected chi connectivity index (χ1v) is 7.29. The summed E-state index contributed by atoms with van der Waals surface area (Å²) in [4.78, 5) is 26.5. The summed E-state index contributed by atoms with van der Waals surface area (Å²) in [5.41, 5.74) is 2.36. The summed E-state index contributed by atoms with van der Waals surface area (Å²) in [6.45, 7) is 1.49. The lowest BCUT2D eigenvalue weighted by Crippen LogP contribution is -2.00. The van der Waals surface area contributed by atoms with Crippen molar-refractivity contribution in [1.82, 2.24) is 14.8 Å². The van der Waals surface area contributed by atoms with Crippen molar-refractivity contribution in [2.24, 2.45) is 0 Å². The van der Waals surface area contributed by atoms with Crippen LogP contribution in [0, 0.1) is 11.3 Å². The van der Waals surface area contributed by atoms with E-state index in [4.69, 9.17) is 5.11 Å². The Bertz CT molecular complexity index is 1010. The topological polar surface area (TPSA) is 109 Å². The molecular formula is C18H12N4O3. The van der Waals surface area contributed by atoms with Gasteiger partial charge in [-0.1, -0.05) is 24.3 Å². The summed E-state index contributed by atoms with van der Waals surface area (Å²) < 4.78 is 1.30. The molecular weight excluding hydrogens is 320 g/mol. The SMILES string of the molecule is CC(=O)c1ccc(-c2cnc(-n3cc(C(=O)O)cn3)cc2C#N)cc1. The number of nitriles is 1. The molecule has 0 amide bonds. The molecule has 7 heteroatoms. The molecule has 0 saturated carbocycles. The number of aromatic carboxylic acids is 1. The molecule has 25 heavy (non-hydrogen) atoms. The molecule has 3 rings (SSSR count). The van der Waals surface area contributed by atoms with Crippen molar-refractivity contribution in [2.45, 2.75) is 6.92 Å². The summed E-state index contributed by atoms with van der Waals surface area (Å²) in [7, 11) is 0. The predicted molar refractivity (Wildman–Crippen MR) is 88.5 cm³/mol. The van der Waals surface area contributed by atoms with Gasteiger partial charge in [-0.15, -0.1) is 0 Å². The van der Waals surface area contributed by atoms with E-state index >= 15 is 0 Å². The van der Waals surface area contributed by atoms with Crippen molar-refractivity contribution in [1.29, 1.82) is 5.26 Å². The van der Waals surface area contributed by atoms with Crippen LogP contribution in [0.4, 0.5) is 0 Å². The number of carbonyl (C=O) groups is 2. The molecule has 0 atom stereocenters. The number of nitrogens with zero attached hydrogens (tertiary/aromatic N) is 4. The van der Waals surface area contributed by atoms with Crippen molar-refractivity contribution in [2.75, 3.05) is 0 Å². The minimum atomic E-state index is -1.09. The Morgan fingerprint density at radius 3 is 2.44 bits per heavy atom. The lowest BCUT2D eigenvalue weighted by molar-refractivity contribution is 0.0696. The average molecular weight is 332 g/mol. The van der Waals surface area contributed by atoms with E-state index in [1.54, 1.807) is 24.3 Å². The molecule has 0 bridgehead atoms. The van der Waals surface area contributed by atoms with E-state index in [0.717, 1.165) is 5.56 Å². The summed E-state index contributed by atoms with van der Waals surface area (Å²) in [6, 6.07) is 10.5. The highest BCUT2D eigenvalue weighted by atomic mass is 16.4. The first-order valence-electron chi connectivity index (χ1n) is 7.29. The van der Waals surface area contributed by atoms with Gasteiger partial charge in [-0.25, -0.2) is 14.5 Å². The van der Waals surface area contributed by atoms with E-state index in [0.29, 0.717) is 22.5 Å². The minimum Gasteiger partial charge on any atom is -0.478 e. The van der Waals surface area contributed by atoms with Crippen LogP contribution in [0.25, 0.3) is 16.9 Å². The maximum Gasteiger partial charge on any atom is 0.338 e. The summed E-state index contributed by atoms with van der Waals surface area (Å²) >= 11 is 0. The van der Waals surface area contributed by atoms with E-state index in [1.807, 2.05) is 0 Å². The van der Waals surface area contributed by atoms with Crippen LogP contribution in [0.3, 0.4) is 0 Å². The van der Waals surface area contributed by atoms with Crippen LogP contribution in [0.1, 0.15) is 33.2 Å². The molecule has 1 aromatic carbocycles. The van der Waals surface area contributed by atoms with E-state index in [-0.39, 0.29) is 11.3 Å². The van der Waals surface area contributed by atoms with Gasteiger partial charge in [-0.05, 0) is 12.5 Å². The predicted octanol–water partition coefficient (Wildman–Crippen LogP) is 2.71. The standard InChI is InChI=1S/C18H12N4O3/c1-11(23)12-2-4-13(5-3-12)16-9-20-17(6-14(16)7-19)22-10-15(8-21-22)18(24)25/h2-6,8-10H,1H3,(H,24,25). The maximum absolute atomic E-state index is 11.4. The van der Waals surface area contributed by atoms with Gasteiger partial charge in [-0.2, -0.15) is 10.4 Å². The van der Waals surface area contributed by atoms with Crippen LogP contribution in [0.15, 0.2) is 48.9 Å².